The van der Waals surface area contributed by atoms with E-state index in [1.54, 1.807) is 11.8 Å². The van der Waals surface area contributed by atoms with Crippen molar-refractivity contribution < 1.29 is 8.42 Å². The molecule has 5 nitrogen and oxygen atoms in total. The van der Waals surface area contributed by atoms with Crippen LogP contribution in [0.4, 0.5) is 10.8 Å². The van der Waals surface area contributed by atoms with Crippen LogP contribution >= 0.6 is 23.3 Å². The van der Waals surface area contributed by atoms with E-state index < -0.39 is 9.84 Å². The number of anilines is 2. The van der Waals surface area contributed by atoms with Crippen molar-refractivity contribution in [2.75, 3.05) is 35.4 Å². The van der Waals surface area contributed by atoms with Crippen molar-refractivity contribution in [2.24, 2.45) is 0 Å². The van der Waals surface area contributed by atoms with Gasteiger partial charge < -0.3 is 11.1 Å². The first-order valence-electron chi connectivity index (χ1n) is 5.23. The molecule has 0 spiro atoms. The Morgan fingerprint density at radius 3 is 2.82 bits per heavy atom. The van der Waals surface area contributed by atoms with Gasteiger partial charge in [-0.05, 0) is 24.2 Å². The van der Waals surface area contributed by atoms with Crippen molar-refractivity contribution in [1.82, 2.24) is 4.37 Å². The first-order chi connectivity index (χ1) is 8.03. The highest BCUT2D eigenvalue weighted by Gasteiger charge is 2.24. The average molecular weight is 295 g/mol. The lowest BCUT2D eigenvalue weighted by atomic mass is 10.6. The predicted molar refractivity (Wildman–Crippen MR) is 75.7 cm³/mol. The molecule has 0 fully saturated rings. The molecule has 17 heavy (non-hydrogen) atoms. The van der Waals surface area contributed by atoms with Gasteiger partial charge in [0, 0.05) is 12.3 Å². The molecule has 0 radical (unpaired) electrons. The fourth-order valence-corrected chi connectivity index (χ4v) is 4.30. The van der Waals surface area contributed by atoms with Crippen molar-refractivity contribution in [2.45, 2.75) is 18.2 Å². The Morgan fingerprint density at radius 2 is 2.24 bits per heavy atom. The minimum absolute atomic E-state index is 0.104. The van der Waals surface area contributed by atoms with Gasteiger partial charge >= 0.3 is 0 Å². The Hall–Kier alpha value is -0.470. The summed E-state index contributed by atoms with van der Waals surface area (Å²) in [4.78, 5) is 0.172. The summed E-state index contributed by atoms with van der Waals surface area (Å²) in [6.45, 7) is 2.53. The van der Waals surface area contributed by atoms with E-state index in [0.717, 1.165) is 17.3 Å². The molecule has 1 rings (SSSR count). The van der Waals surface area contributed by atoms with E-state index in [1.807, 2.05) is 13.2 Å². The van der Waals surface area contributed by atoms with Crippen LogP contribution in [-0.4, -0.2) is 37.1 Å². The van der Waals surface area contributed by atoms with Crippen LogP contribution in [0.1, 0.15) is 13.3 Å². The molecule has 1 heterocycles. The van der Waals surface area contributed by atoms with Crippen LogP contribution in [0.5, 0.6) is 0 Å². The Kier molecular flexibility index (Phi) is 5.54. The number of aromatic nitrogens is 1. The van der Waals surface area contributed by atoms with Gasteiger partial charge in [0.1, 0.15) is 9.90 Å². The number of thioether (sulfide) groups is 1. The molecular formula is C9H17N3O2S3. The molecule has 8 heteroatoms. The third-order valence-corrected chi connectivity index (χ3v) is 5.59. The van der Waals surface area contributed by atoms with Gasteiger partial charge in [-0.3, -0.25) is 0 Å². The first kappa shape index (κ1) is 14.6. The Labute approximate surface area is 110 Å². The number of nitrogens with two attached hydrogens (primary N) is 1. The molecular weight excluding hydrogens is 278 g/mol. The van der Waals surface area contributed by atoms with Crippen LogP contribution < -0.4 is 11.1 Å². The van der Waals surface area contributed by atoms with E-state index in [2.05, 4.69) is 9.69 Å². The fourth-order valence-electron chi connectivity index (χ4n) is 1.34. The highest BCUT2D eigenvalue weighted by molar-refractivity contribution is 7.98. The van der Waals surface area contributed by atoms with Gasteiger partial charge in [-0.25, -0.2) is 8.42 Å². The number of hydrogen-bond acceptors (Lipinski definition) is 7. The molecule has 0 aliphatic heterocycles. The zero-order valence-corrected chi connectivity index (χ0v) is 12.3. The molecule has 0 unspecified atom stereocenters. The summed E-state index contributed by atoms with van der Waals surface area (Å²) in [6.07, 6.45) is 2.57. The van der Waals surface area contributed by atoms with Gasteiger partial charge in [-0.2, -0.15) is 16.1 Å². The molecule has 0 saturated carbocycles. The topological polar surface area (TPSA) is 85.1 Å². The second-order valence-electron chi connectivity index (χ2n) is 3.46. The Morgan fingerprint density at radius 1 is 1.53 bits per heavy atom. The highest BCUT2D eigenvalue weighted by Crippen LogP contribution is 2.32. The van der Waals surface area contributed by atoms with E-state index >= 15 is 0 Å². The van der Waals surface area contributed by atoms with E-state index in [9.17, 15) is 8.42 Å². The van der Waals surface area contributed by atoms with Crippen LogP contribution in [0.2, 0.25) is 0 Å². The molecule has 0 saturated heterocycles. The SMILES string of the molecule is CCCS(=O)(=O)c1c(N)nsc1NCCSC. The van der Waals surface area contributed by atoms with Crippen LogP contribution in [0.3, 0.4) is 0 Å². The number of nitrogens with zero attached hydrogens (tertiary/aromatic N) is 1. The van der Waals surface area contributed by atoms with Gasteiger partial charge in [0.2, 0.25) is 0 Å². The molecule has 98 valence electrons. The lowest BCUT2D eigenvalue weighted by Gasteiger charge is -2.06. The van der Waals surface area contributed by atoms with E-state index in [1.165, 1.54) is 0 Å². The number of sulfone groups is 1. The fraction of sp³-hybridized carbons (Fsp3) is 0.667. The molecule has 0 bridgehead atoms. The molecule has 0 amide bonds. The second-order valence-corrected chi connectivity index (χ2v) is 7.27. The number of nitrogens with one attached hydrogen (secondary N) is 1. The number of nitrogen functional groups attached to an aromatic ring is 1. The third kappa shape index (κ3) is 3.75. The lowest BCUT2D eigenvalue weighted by Crippen LogP contribution is -2.11. The standard InChI is InChI=1S/C9H17N3O2S3/c1-3-6-17(13,14)7-8(10)12-16-9(7)11-4-5-15-2/h11H,3-6H2,1-2H3,(H2,10,12). The molecule has 1 aromatic rings. The maximum atomic E-state index is 12.0. The van der Waals surface area contributed by atoms with Crippen LogP contribution in [0.15, 0.2) is 4.90 Å². The molecule has 0 aromatic carbocycles. The van der Waals surface area contributed by atoms with Crippen molar-refractivity contribution >= 4 is 44.0 Å². The van der Waals surface area contributed by atoms with Crippen LogP contribution in [-0.2, 0) is 9.84 Å². The molecule has 1 aromatic heterocycles. The summed E-state index contributed by atoms with van der Waals surface area (Å²) < 4.78 is 27.9. The Balaban J connectivity index is 2.94. The zero-order valence-electron chi connectivity index (χ0n) is 9.89. The minimum atomic E-state index is -3.31. The average Bonchev–Trinajstić information content (AvgIpc) is 2.61. The summed E-state index contributed by atoms with van der Waals surface area (Å²) in [7, 11) is -3.31. The van der Waals surface area contributed by atoms with E-state index in [-0.39, 0.29) is 16.5 Å². The summed E-state index contributed by atoms with van der Waals surface area (Å²) in [5.41, 5.74) is 5.64. The normalized spacial score (nSPS) is 11.6. The zero-order chi connectivity index (χ0) is 12.9. The number of hydrogen-bond donors (Lipinski definition) is 2. The van der Waals surface area contributed by atoms with Crippen LogP contribution in [0, 0.1) is 0 Å². The first-order valence-corrected chi connectivity index (χ1v) is 9.05. The predicted octanol–water partition coefficient (Wildman–Crippen LogP) is 1.68. The summed E-state index contributed by atoms with van der Waals surface area (Å²) in [5.74, 6) is 1.12. The van der Waals surface area contributed by atoms with Crippen LogP contribution in [0.25, 0.3) is 0 Å². The number of rotatable bonds is 7. The highest BCUT2D eigenvalue weighted by atomic mass is 32.2. The molecule has 0 aliphatic carbocycles. The molecule has 0 atom stereocenters. The second kappa shape index (κ2) is 6.46. The summed E-state index contributed by atoms with van der Waals surface area (Å²) in [5, 5.41) is 3.64. The smallest absolute Gasteiger partial charge is 0.185 e. The van der Waals surface area contributed by atoms with E-state index in [0.29, 0.717) is 18.0 Å². The van der Waals surface area contributed by atoms with Gasteiger partial charge in [-0.1, -0.05) is 6.92 Å². The van der Waals surface area contributed by atoms with Gasteiger partial charge in [0.15, 0.2) is 15.7 Å². The quantitative estimate of drug-likeness (QED) is 0.745. The summed E-state index contributed by atoms with van der Waals surface area (Å²) >= 11 is 2.80. The molecule has 3 N–H and O–H groups in total. The monoisotopic (exact) mass is 295 g/mol. The largest absolute Gasteiger partial charge is 0.382 e. The maximum Gasteiger partial charge on any atom is 0.185 e. The van der Waals surface area contributed by atoms with Gasteiger partial charge in [0.25, 0.3) is 0 Å². The van der Waals surface area contributed by atoms with E-state index in [4.69, 9.17) is 5.73 Å². The Bertz CT molecular complexity index is 456. The molecule has 0 aliphatic rings. The van der Waals surface area contributed by atoms with Gasteiger partial charge in [0.05, 0.1) is 5.75 Å². The van der Waals surface area contributed by atoms with Gasteiger partial charge in [-0.15, -0.1) is 0 Å². The van der Waals surface area contributed by atoms with Crippen molar-refractivity contribution in [1.29, 1.82) is 0 Å². The lowest BCUT2D eigenvalue weighted by molar-refractivity contribution is 0.595. The maximum absolute atomic E-state index is 12.0. The van der Waals surface area contributed by atoms with Crippen molar-refractivity contribution in [3.8, 4) is 0 Å². The summed E-state index contributed by atoms with van der Waals surface area (Å²) in [6, 6.07) is 0. The third-order valence-electron chi connectivity index (χ3n) is 2.05. The minimum Gasteiger partial charge on any atom is -0.382 e. The van der Waals surface area contributed by atoms with Crippen molar-refractivity contribution in [3.63, 3.8) is 0 Å². The van der Waals surface area contributed by atoms with Crippen molar-refractivity contribution in [3.05, 3.63) is 0 Å².